The zero-order valence-corrected chi connectivity index (χ0v) is 19.4. The molecule has 5 rings (SSSR count). The highest BCUT2D eigenvalue weighted by Gasteiger charge is 2.26. The van der Waals surface area contributed by atoms with Crippen molar-refractivity contribution in [2.75, 3.05) is 17.2 Å². The molecule has 1 saturated carbocycles. The summed E-state index contributed by atoms with van der Waals surface area (Å²) in [6.07, 6.45) is 3.27. The summed E-state index contributed by atoms with van der Waals surface area (Å²) in [7, 11) is 0. The van der Waals surface area contributed by atoms with E-state index in [4.69, 9.17) is 4.74 Å². The molecule has 184 valence electrons. The summed E-state index contributed by atoms with van der Waals surface area (Å²) < 4.78 is 33.8. The predicted molar refractivity (Wildman–Crippen MR) is 127 cm³/mol. The van der Waals surface area contributed by atoms with Gasteiger partial charge in [-0.2, -0.15) is 5.10 Å². The number of H-pyrrole nitrogens is 1. The monoisotopic (exact) mass is 482 g/mol. The van der Waals surface area contributed by atoms with Crippen LogP contribution in [0.1, 0.15) is 61.4 Å². The summed E-state index contributed by atoms with van der Waals surface area (Å²) in [6.45, 7) is 2.54. The molecule has 0 bridgehead atoms. The standard InChI is InChI=1S/C25H28F2N6O2/c1-14(15-6-8-18(26)9-7-15)29-23-17(13-28-25(34)21-3-2-10-35-21)11-19(27)24(31-23)30-22-12-20(32-33-22)16-4-5-16/h6-9,11-12,14,16,21H,2-5,10,13H2,1H3,(H,28,34)(H3,29,30,31,32,33)/t14-,21?/m0/s1. The first-order valence-corrected chi connectivity index (χ1v) is 11.9. The maximum Gasteiger partial charge on any atom is 0.249 e. The van der Waals surface area contributed by atoms with E-state index < -0.39 is 11.9 Å². The van der Waals surface area contributed by atoms with Crippen molar-refractivity contribution in [3.63, 3.8) is 0 Å². The maximum absolute atomic E-state index is 15.1. The predicted octanol–water partition coefficient (Wildman–Crippen LogP) is 4.67. The van der Waals surface area contributed by atoms with Crippen LogP contribution in [0.3, 0.4) is 0 Å². The maximum atomic E-state index is 15.1. The van der Waals surface area contributed by atoms with Gasteiger partial charge in [0.05, 0.1) is 0 Å². The molecule has 0 radical (unpaired) electrons. The van der Waals surface area contributed by atoms with Crippen LogP contribution in [0.15, 0.2) is 36.4 Å². The summed E-state index contributed by atoms with van der Waals surface area (Å²) in [4.78, 5) is 16.9. The first kappa shape index (κ1) is 23.2. The van der Waals surface area contributed by atoms with Crippen LogP contribution in [-0.2, 0) is 16.1 Å². The Morgan fingerprint density at radius 2 is 1.97 bits per heavy atom. The molecule has 1 amide bonds. The third-order valence-corrected chi connectivity index (χ3v) is 6.31. The van der Waals surface area contributed by atoms with Gasteiger partial charge in [0.2, 0.25) is 5.91 Å². The molecule has 2 atom stereocenters. The highest BCUT2D eigenvalue weighted by Crippen LogP contribution is 2.39. The van der Waals surface area contributed by atoms with Gasteiger partial charge in [-0.1, -0.05) is 12.1 Å². The van der Waals surface area contributed by atoms with Gasteiger partial charge >= 0.3 is 0 Å². The van der Waals surface area contributed by atoms with Crippen LogP contribution in [0, 0.1) is 11.6 Å². The Morgan fingerprint density at radius 1 is 1.17 bits per heavy atom. The number of aromatic amines is 1. The van der Waals surface area contributed by atoms with Crippen LogP contribution in [0.4, 0.5) is 26.2 Å². The Morgan fingerprint density at radius 3 is 2.69 bits per heavy atom. The molecule has 1 aliphatic carbocycles. The Kier molecular flexibility index (Phi) is 6.63. The summed E-state index contributed by atoms with van der Waals surface area (Å²) in [6, 6.07) is 9.09. The van der Waals surface area contributed by atoms with E-state index in [1.807, 2.05) is 13.0 Å². The number of benzene rings is 1. The van der Waals surface area contributed by atoms with E-state index in [0.717, 1.165) is 30.5 Å². The van der Waals surface area contributed by atoms with Crippen molar-refractivity contribution in [2.45, 2.75) is 57.2 Å². The third-order valence-electron chi connectivity index (χ3n) is 6.31. The number of halogens is 2. The van der Waals surface area contributed by atoms with Crippen LogP contribution < -0.4 is 16.0 Å². The summed E-state index contributed by atoms with van der Waals surface area (Å²) >= 11 is 0. The molecular weight excluding hydrogens is 454 g/mol. The third kappa shape index (κ3) is 5.59. The average Bonchev–Trinajstić information content (AvgIpc) is 3.34. The van der Waals surface area contributed by atoms with Crippen molar-refractivity contribution in [1.29, 1.82) is 0 Å². The zero-order valence-electron chi connectivity index (χ0n) is 19.4. The molecule has 1 aromatic carbocycles. The molecule has 3 aromatic rings. The van der Waals surface area contributed by atoms with Crippen molar-refractivity contribution in [2.24, 2.45) is 0 Å². The van der Waals surface area contributed by atoms with E-state index in [9.17, 15) is 9.18 Å². The van der Waals surface area contributed by atoms with Gasteiger partial charge in [0.25, 0.3) is 0 Å². The number of aromatic nitrogens is 3. The SMILES string of the molecule is C[C@H](Nc1nc(Nc2cc(C3CC3)[nH]n2)c(F)cc1CNC(=O)C1CCCO1)c1ccc(F)cc1. The van der Waals surface area contributed by atoms with Gasteiger partial charge in [-0.15, -0.1) is 0 Å². The lowest BCUT2D eigenvalue weighted by Gasteiger charge is -2.20. The van der Waals surface area contributed by atoms with Crippen molar-refractivity contribution >= 4 is 23.4 Å². The van der Waals surface area contributed by atoms with E-state index in [-0.39, 0.29) is 30.1 Å². The topological polar surface area (TPSA) is 104 Å². The smallest absolute Gasteiger partial charge is 0.249 e. The van der Waals surface area contributed by atoms with Gasteiger partial charge in [0.15, 0.2) is 17.5 Å². The summed E-state index contributed by atoms with van der Waals surface area (Å²) in [5.41, 5.74) is 2.33. The Balaban J connectivity index is 1.37. The zero-order chi connectivity index (χ0) is 24.4. The van der Waals surface area contributed by atoms with E-state index in [1.54, 1.807) is 12.1 Å². The van der Waals surface area contributed by atoms with Gasteiger partial charge in [-0.3, -0.25) is 9.89 Å². The fraction of sp³-hybridized carbons (Fsp3) is 0.400. The molecule has 1 aliphatic heterocycles. The van der Waals surface area contributed by atoms with Crippen LogP contribution in [-0.4, -0.2) is 33.8 Å². The molecule has 10 heteroatoms. The second kappa shape index (κ2) is 9.99. The Labute approximate surface area is 201 Å². The number of hydrogen-bond donors (Lipinski definition) is 4. The number of carbonyl (C=O) groups excluding carboxylic acids is 1. The number of nitrogens with one attached hydrogen (secondary N) is 4. The van der Waals surface area contributed by atoms with Gasteiger partial charge in [0, 0.05) is 42.4 Å². The van der Waals surface area contributed by atoms with Crippen LogP contribution in [0.25, 0.3) is 0 Å². The average molecular weight is 483 g/mol. The molecule has 35 heavy (non-hydrogen) atoms. The van der Waals surface area contributed by atoms with E-state index in [2.05, 4.69) is 31.1 Å². The lowest BCUT2D eigenvalue weighted by molar-refractivity contribution is -0.130. The quantitative estimate of drug-likeness (QED) is 0.353. The van der Waals surface area contributed by atoms with Crippen molar-refractivity contribution in [3.8, 4) is 0 Å². The second-order valence-corrected chi connectivity index (χ2v) is 9.07. The van der Waals surface area contributed by atoms with Crippen molar-refractivity contribution < 1.29 is 18.3 Å². The van der Waals surface area contributed by atoms with Gasteiger partial charge < -0.3 is 20.7 Å². The molecular formula is C25H28F2N6O2. The minimum absolute atomic E-state index is 0.0156. The number of ether oxygens (including phenoxy) is 1. The highest BCUT2D eigenvalue weighted by atomic mass is 19.1. The number of pyridine rings is 1. The van der Waals surface area contributed by atoms with Crippen LogP contribution >= 0.6 is 0 Å². The van der Waals surface area contributed by atoms with Gasteiger partial charge in [-0.25, -0.2) is 13.8 Å². The molecule has 2 fully saturated rings. The number of nitrogens with zero attached hydrogens (tertiary/aromatic N) is 2. The minimum Gasteiger partial charge on any atom is -0.368 e. The molecule has 4 N–H and O–H groups in total. The van der Waals surface area contributed by atoms with E-state index >= 15 is 4.39 Å². The number of hydrogen-bond acceptors (Lipinski definition) is 6. The van der Waals surface area contributed by atoms with Crippen molar-refractivity contribution in [3.05, 3.63) is 64.9 Å². The lowest BCUT2D eigenvalue weighted by Crippen LogP contribution is -2.34. The molecule has 1 saturated heterocycles. The number of rotatable bonds is 9. The van der Waals surface area contributed by atoms with Gasteiger partial charge in [-0.05, 0) is 56.4 Å². The highest BCUT2D eigenvalue weighted by molar-refractivity contribution is 5.81. The van der Waals surface area contributed by atoms with Gasteiger partial charge in [0.1, 0.15) is 17.7 Å². The second-order valence-electron chi connectivity index (χ2n) is 9.07. The lowest BCUT2D eigenvalue weighted by atomic mass is 10.1. The molecule has 8 nitrogen and oxygen atoms in total. The molecule has 0 spiro atoms. The Hall–Kier alpha value is -3.53. The first-order chi connectivity index (χ1) is 17.0. The summed E-state index contributed by atoms with van der Waals surface area (Å²) in [5.74, 6) is 0.261. The molecule has 2 aliphatic rings. The molecule has 3 heterocycles. The number of anilines is 3. The normalized spacial score (nSPS) is 18.3. The van der Waals surface area contributed by atoms with E-state index in [0.29, 0.717) is 36.1 Å². The first-order valence-electron chi connectivity index (χ1n) is 11.9. The Bertz CT molecular complexity index is 1190. The molecule has 2 aromatic heterocycles. The minimum atomic E-state index is -0.567. The van der Waals surface area contributed by atoms with Crippen LogP contribution in [0.2, 0.25) is 0 Å². The summed E-state index contributed by atoms with van der Waals surface area (Å²) in [5, 5.41) is 16.2. The van der Waals surface area contributed by atoms with Crippen LogP contribution in [0.5, 0.6) is 0 Å². The molecule has 1 unspecified atom stereocenters. The van der Waals surface area contributed by atoms with Crippen molar-refractivity contribution in [1.82, 2.24) is 20.5 Å². The fourth-order valence-electron chi connectivity index (χ4n) is 4.12. The van der Waals surface area contributed by atoms with E-state index in [1.165, 1.54) is 18.2 Å². The number of amides is 1. The fourth-order valence-corrected chi connectivity index (χ4v) is 4.12. The largest absolute Gasteiger partial charge is 0.368 e. The number of carbonyl (C=O) groups is 1.